The number of anilines is 1. The van der Waals surface area contributed by atoms with E-state index in [1.54, 1.807) is 0 Å². The van der Waals surface area contributed by atoms with Crippen molar-refractivity contribution in [3.63, 3.8) is 0 Å². The van der Waals surface area contributed by atoms with E-state index in [4.69, 9.17) is 0 Å². The van der Waals surface area contributed by atoms with Crippen molar-refractivity contribution in [1.82, 2.24) is 14.3 Å². The molecule has 0 aliphatic heterocycles. The van der Waals surface area contributed by atoms with Crippen molar-refractivity contribution in [3.05, 3.63) is 5.82 Å². The maximum atomic E-state index is 4.47. The van der Waals surface area contributed by atoms with Crippen LogP contribution in [0.25, 0.3) is 0 Å². The van der Waals surface area contributed by atoms with E-state index in [0.717, 1.165) is 42.9 Å². The zero-order valence-corrected chi connectivity index (χ0v) is 12.3. The first-order valence-electron chi connectivity index (χ1n) is 7.06. The molecule has 1 heterocycles. The van der Waals surface area contributed by atoms with Gasteiger partial charge < -0.3 is 10.2 Å². The Balaban J connectivity index is 1.67. The first-order chi connectivity index (χ1) is 8.79. The highest BCUT2D eigenvalue weighted by molar-refractivity contribution is 7.09. The van der Waals surface area contributed by atoms with Crippen molar-refractivity contribution < 1.29 is 0 Å². The minimum absolute atomic E-state index is 0.803. The summed E-state index contributed by atoms with van der Waals surface area (Å²) in [5.74, 6) is 0.981. The molecule has 1 N–H and O–H groups in total. The summed E-state index contributed by atoms with van der Waals surface area (Å²) in [7, 11) is 2.24. The monoisotopic (exact) mass is 268 g/mol. The Bertz CT molecular complexity index is 347. The van der Waals surface area contributed by atoms with Crippen LogP contribution in [0.5, 0.6) is 0 Å². The third-order valence-corrected chi connectivity index (χ3v) is 4.34. The van der Waals surface area contributed by atoms with Gasteiger partial charge in [-0.05, 0) is 26.3 Å². The summed E-state index contributed by atoms with van der Waals surface area (Å²) in [6.45, 7) is 4.21. The van der Waals surface area contributed by atoms with Gasteiger partial charge >= 0.3 is 0 Å². The van der Waals surface area contributed by atoms with Gasteiger partial charge in [-0.15, -0.1) is 0 Å². The van der Waals surface area contributed by atoms with E-state index in [9.17, 15) is 0 Å². The van der Waals surface area contributed by atoms with Gasteiger partial charge in [-0.1, -0.05) is 19.8 Å². The smallest absolute Gasteiger partial charge is 0.202 e. The summed E-state index contributed by atoms with van der Waals surface area (Å²) in [5, 5.41) is 4.35. The molecule has 0 unspecified atom stereocenters. The largest absolute Gasteiger partial charge is 0.359 e. The van der Waals surface area contributed by atoms with Crippen LogP contribution >= 0.6 is 11.5 Å². The van der Waals surface area contributed by atoms with Crippen molar-refractivity contribution >= 4 is 16.7 Å². The van der Waals surface area contributed by atoms with Crippen molar-refractivity contribution in [2.75, 3.05) is 25.5 Å². The fourth-order valence-corrected chi connectivity index (χ4v) is 3.15. The maximum absolute atomic E-state index is 4.47. The second-order valence-electron chi connectivity index (χ2n) is 5.11. The zero-order chi connectivity index (χ0) is 12.8. The minimum Gasteiger partial charge on any atom is -0.359 e. The molecule has 1 saturated carbocycles. The lowest BCUT2D eigenvalue weighted by molar-refractivity contribution is 0.254. The molecular formula is C13H24N4S. The van der Waals surface area contributed by atoms with E-state index in [0.29, 0.717) is 0 Å². The molecule has 0 atom stereocenters. The number of rotatable bonds is 7. The number of nitrogens with one attached hydrogen (secondary N) is 1. The van der Waals surface area contributed by atoms with E-state index in [1.165, 1.54) is 37.2 Å². The fraction of sp³-hybridized carbons (Fsp3) is 0.846. The topological polar surface area (TPSA) is 41.1 Å². The van der Waals surface area contributed by atoms with Gasteiger partial charge in [0.25, 0.3) is 0 Å². The molecule has 18 heavy (non-hydrogen) atoms. The second kappa shape index (κ2) is 7.04. The van der Waals surface area contributed by atoms with Gasteiger partial charge in [-0.2, -0.15) is 4.37 Å². The lowest BCUT2D eigenvalue weighted by Crippen LogP contribution is -2.33. The number of hydrogen-bond donors (Lipinski definition) is 1. The molecule has 0 spiro atoms. The third-order valence-electron chi connectivity index (χ3n) is 3.63. The summed E-state index contributed by atoms with van der Waals surface area (Å²) in [5.41, 5.74) is 0. The maximum Gasteiger partial charge on any atom is 0.202 e. The Morgan fingerprint density at radius 2 is 2.17 bits per heavy atom. The molecule has 1 aromatic rings. The number of nitrogens with zero attached hydrogens (tertiary/aromatic N) is 3. The van der Waals surface area contributed by atoms with Crippen LogP contribution in [0.4, 0.5) is 5.13 Å². The molecule has 1 aliphatic carbocycles. The number of hydrogen-bond acceptors (Lipinski definition) is 5. The van der Waals surface area contributed by atoms with E-state index in [-0.39, 0.29) is 0 Å². The molecule has 2 rings (SSSR count). The van der Waals surface area contributed by atoms with Crippen molar-refractivity contribution in [2.24, 2.45) is 0 Å². The molecule has 0 amide bonds. The van der Waals surface area contributed by atoms with Crippen LogP contribution in [-0.2, 0) is 6.42 Å². The zero-order valence-electron chi connectivity index (χ0n) is 11.5. The van der Waals surface area contributed by atoms with Gasteiger partial charge in [0.1, 0.15) is 5.82 Å². The van der Waals surface area contributed by atoms with Crippen molar-refractivity contribution in [3.8, 4) is 0 Å². The van der Waals surface area contributed by atoms with Crippen LogP contribution in [0.2, 0.25) is 0 Å². The molecule has 5 heteroatoms. The molecule has 1 aliphatic rings. The highest BCUT2D eigenvalue weighted by Crippen LogP contribution is 2.22. The Hall–Kier alpha value is -0.680. The average molecular weight is 268 g/mol. The summed E-state index contributed by atoms with van der Waals surface area (Å²) >= 11 is 1.48. The molecule has 0 radical (unpaired) electrons. The first-order valence-corrected chi connectivity index (χ1v) is 7.83. The Labute approximate surface area is 114 Å². The SMILES string of the molecule is CCCc1nsc(NCCN(C)C2CCCC2)n1. The normalized spacial score (nSPS) is 16.6. The molecule has 0 bridgehead atoms. The van der Waals surface area contributed by atoms with Crippen LogP contribution < -0.4 is 5.32 Å². The van der Waals surface area contributed by atoms with Gasteiger partial charge in [-0.25, -0.2) is 4.98 Å². The van der Waals surface area contributed by atoms with Crippen LogP contribution in [0, 0.1) is 0 Å². The fourth-order valence-electron chi connectivity index (χ4n) is 2.52. The summed E-state index contributed by atoms with van der Waals surface area (Å²) < 4.78 is 4.34. The Morgan fingerprint density at radius 3 is 2.89 bits per heavy atom. The van der Waals surface area contributed by atoms with E-state index < -0.39 is 0 Å². The molecule has 0 saturated heterocycles. The van der Waals surface area contributed by atoms with E-state index >= 15 is 0 Å². The highest BCUT2D eigenvalue weighted by atomic mass is 32.1. The summed E-state index contributed by atoms with van der Waals surface area (Å²) in [6.07, 6.45) is 7.64. The van der Waals surface area contributed by atoms with Crippen molar-refractivity contribution in [1.29, 1.82) is 0 Å². The molecule has 102 valence electrons. The predicted octanol–water partition coefficient (Wildman–Crippen LogP) is 2.78. The van der Waals surface area contributed by atoms with Crippen LogP contribution in [0.15, 0.2) is 0 Å². The molecule has 1 fully saturated rings. The van der Waals surface area contributed by atoms with Gasteiger partial charge in [0.15, 0.2) is 0 Å². The third kappa shape index (κ3) is 3.92. The van der Waals surface area contributed by atoms with Gasteiger partial charge in [0.2, 0.25) is 5.13 Å². The predicted molar refractivity (Wildman–Crippen MR) is 77.3 cm³/mol. The minimum atomic E-state index is 0.803. The number of aromatic nitrogens is 2. The number of aryl methyl sites for hydroxylation is 1. The van der Waals surface area contributed by atoms with Crippen LogP contribution in [0.3, 0.4) is 0 Å². The average Bonchev–Trinajstić information content (AvgIpc) is 3.00. The summed E-state index contributed by atoms with van der Waals surface area (Å²) in [6, 6.07) is 0.803. The Morgan fingerprint density at radius 1 is 1.39 bits per heavy atom. The van der Waals surface area contributed by atoms with Gasteiger partial charge in [0, 0.05) is 37.1 Å². The number of likely N-dealkylation sites (N-methyl/N-ethyl adjacent to an activating group) is 1. The van der Waals surface area contributed by atoms with Gasteiger partial charge in [-0.3, -0.25) is 0 Å². The summed E-state index contributed by atoms with van der Waals surface area (Å²) in [4.78, 5) is 6.95. The van der Waals surface area contributed by atoms with E-state index in [2.05, 4.69) is 33.5 Å². The lowest BCUT2D eigenvalue weighted by Gasteiger charge is -2.23. The molecule has 0 aromatic carbocycles. The molecule has 4 nitrogen and oxygen atoms in total. The quantitative estimate of drug-likeness (QED) is 0.825. The standard InChI is InChI=1S/C13H24N4S/c1-3-6-12-15-13(18-16-12)14-9-10-17(2)11-7-4-5-8-11/h11H,3-10H2,1-2H3,(H,14,15,16). The Kier molecular flexibility index (Phi) is 5.38. The molecular weight excluding hydrogens is 244 g/mol. The van der Waals surface area contributed by atoms with Crippen LogP contribution in [0.1, 0.15) is 44.9 Å². The highest BCUT2D eigenvalue weighted by Gasteiger charge is 2.18. The molecule has 1 aromatic heterocycles. The van der Waals surface area contributed by atoms with Crippen molar-refractivity contribution in [2.45, 2.75) is 51.5 Å². The second-order valence-corrected chi connectivity index (χ2v) is 5.86. The van der Waals surface area contributed by atoms with Gasteiger partial charge in [0.05, 0.1) is 0 Å². The van der Waals surface area contributed by atoms with Crippen LogP contribution in [-0.4, -0.2) is 40.4 Å². The first kappa shape index (κ1) is 13.7. The van der Waals surface area contributed by atoms with E-state index in [1.807, 2.05) is 0 Å². The lowest BCUT2D eigenvalue weighted by atomic mass is 10.2.